The number of rotatable bonds is 4. The van der Waals surface area contributed by atoms with Gasteiger partial charge in [-0.25, -0.2) is 13.2 Å². The van der Waals surface area contributed by atoms with Gasteiger partial charge in [-0.3, -0.25) is 0 Å². The van der Waals surface area contributed by atoms with Crippen molar-refractivity contribution in [2.45, 2.75) is 19.4 Å². The lowest BCUT2D eigenvalue weighted by atomic mass is 10.1. The molecule has 1 aliphatic heterocycles. The molecule has 2 atom stereocenters. The van der Waals surface area contributed by atoms with E-state index < -0.39 is 9.84 Å². The summed E-state index contributed by atoms with van der Waals surface area (Å²) in [6.45, 7) is 2.21. The van der Waals surface area contributed by atoms with Gasteiger partial charge in [0.05, 0.1) is 29.2 Å². The Morgan fingerprint density at radius 3 is 2.64 bits per heavy atom. The second-order valence-electron chi connectivity index (χ2n) is 5.58. The summed E-state index contributed by atoms with van der Waals surface area (Å²) in [7, 11) is -2.91. The molecule has 1 aromatic rings. The van der Waals surface area contributed by atoms with Gasteiger partial charge in [-0.05, 0) is 37.0 Å². The molecule has 1 aromatic carbocycles. The first-order valence-corrected chi connectivity index (χ1v) is 8.96. The smallest absolute Gasteiger partial charge is 0.315 e. The fraction of sp³-hybridized carbons (Fsp3) is 0.467. The van der Waals surface area contributed by atoms with Crippen LogP contribution in [0.1, 0.15) is 30.5 Å². The van der Waals surface area contributed by atoms with Crippen LogP contribution in [0.2, 0.25) is 0 Å². The highest BCUT2D eigenvalue weighted by Crippen LogP contribution is 2.17. The number of nitriles is 1. The molecule has 22 heavy (non-hydrogen) atoms. The summed E-state index contributed by atoms with van der Waals surface area (Å²) >= 11 is 0. The molecule has 1 heterocycles. The summed E-state index contributed by atoms with van der Waals surface area (Å²) in [6.07, 6.45) is 0.605. The van der Waals surface area contributed by atoms with Gasteiger partial charge in [-0.1, -0.05) is 12.1 Å². The van der Waals surface area contributed by atoms with Crippen molar-refractivity contribution in [3.8, 4) is 6.07 Å². The third kappa shape index (κ3) is 4.46. The largest absolute Gasteiger partial charge is 0.338 e. The molecule has 1 fully saturated rings. The number of amides is 2. The highest BCUT2D eigenvalue weighted by molar-refractivity contribution is 7.91. The number of urea groups is 1. The zero-order chi connectivity index (χ0) is 16.2. The van der Waals surface area contributed by atoms with Gasteiger partial charge in [-0.2, -0.15) is 5.26 Å². The van der Waals surface area contributed by atoms with Crippen LogP contribution in [0.15, 0.2) is 24.3 Å². The average Bonchev–Trinajstić information content (AvgIpc) is 2.84. The molecule has 0 radical (unpaired) electrons. The van der Waals surface area contributed by atoms with E-state index in [1.807, 2.05) is 13.0 Å². The summed E-state index contributed by atoms with van der Waals surface area (Å²) in [4.78, 5) is 11.8. The van der Waals surface area contributed by atoms with Crippen molar-refractivity contribution in [1.82, 2.24) is 10.6 Å². The summed E-state index contributed by atoms with van der Waals surface area (Å²) < 4.78 is 22.7. The molecular weight excluding hydrogens is 302 g/mol. The van der Waals surface area contributed by atoms with Crippen LogP contribution in [0.4, 0.5) is 4.79 Å². The van der Waals surface area contributed by atoms with E-state index >= 15 is 0 Å². The Labute approximate surface area is 130 Å². The first-order chi connectivity index (χ1) is 10.4. The van der Waals surface area contributed by atoms with Crippen molar-refractivity contribution >= 4 is 15.9 Å². The van der Waals surface area contributed by atoms with Crippen LogP contribution in [0.25, 0.3) is 0 Å². The Hall–Kier alpha value is -2.07. The van der Waals surface area contributed by atoms with E-state index in [0.29, 0.717) is 18.5 Å². The minimum absolute atomic E-state index is 0.000896. The Morgan fingerprint density at radius 1 is 1.41 bits per heavy atom. The van der Waals surface area contributed by atoms with Gasteiger partial charge in [0.1, 0.15) is 0 Å². The van der Waals surface area contributed by atoms with Crippen LogP contribution in [0, 0.1) is 17.2 Å². The summed E-state index contributed by atoms with van der Waals surface area (Å²) in [5.74, 6) is 0.363. The van der Waals surface area contributed by atoms with Gasteiger partial charge in [-0.15, -0.1) is 0 Å². The van der Waals surface area contributed by atoms with Crippen molar-refractivity contribution in [2.75, 3.05) is 18.1 Å². The molecule has 2 amide bonds. The Bertz CT molecular complexity index is 677. The van der Waals surface area contributed by atoms with E-state index in [2.05, 4.69) is 10.6 Å². The molecule has 6 nitrogen and oxygen atoms in total. The molecule has 0 spiro atoms. The van der Waals surface area contributed by atoms with Gasteiger partial charge in [0.25, 0.3) is 0 Å². The second kappa shape index (κ2) is 6.79. The molecule has 1 aliphatic rings. The van der Waals surface area contributed by atoms with Crippen molar-refractivity contribution < 1.29 is 13.2 Å². The molecule has 0 saturated carbocycles. The van der Waals surface area contributed by atoms with Crippen LogP contribution in [0.3, 0.4) is 0 Å². The van der Waals surface area contributed by atoms with E-state index in [0.717, 1.165) is 5.56 Å². The van der Waals surface area contributed by atoms with E-state index in [1.54, 1.807) is 24.3 Å². The molecular formula is C15H19N3O3S. The SMILES string of the molecule is C[C@@H](NC(=O)NC[C@@H]1CCS(=O)(=O)C1)c1ccc(C#N)cc1. The average molecular weight is 321 g/mol. The Morgan fingerprint density at radius 2 is 2.09 bits per heavy atom. The van der Waals surface area contributed by atoms with Crippen molar-refractivity contribution in [3.05, 3.63) is 35.4 Å². The third-order valence-corrected chi connectivity index (χ3v) is 5.60. The van der Waals surface area contributed by atoms with E-state index in [-0.39, 0.29) is 29.5 Å². The van der Waals surface area contributed by atoms with Gasteiger partial charge >= 0.3 is 6.03 Å². The minimum atomic E-state index is -2.91. The number of benzene rings is 1. The van der Waals surface area contributed by atoms with Crippen LogP contribution in [-0.4, -0.2) is 32.5 Å². The van der Waals surface area contributed by atoms with E-state index in [9.17, 15) is 13.2 Å². The summed E-state index contributed by atoms with van der Waals surface area (Å²) in [5, 5.41) is 14.3. The normalized spacial score (nSPS) is 20.8. The first kappa shape index (κ1) is 16.3. The van der Waals surface area contributed by atoms with E-state index in [4.69, 9.17) is 5.26 Å². The maximum Gasteiger partial charge on any atom is 0.315 e. The summed E-state index contributed by atoms with van der Waals surface area (Å²) in [6, 6.07) is 8.53. The van der Waals surface area contributed by atoms with Crippen LogP contribution < -0.4 is 10.6 Å². The topological polar surface area (TPSA) is 99.1 Å². The Balaban J connectivity index is 1.80. The number of nitrogens with one attached hydrogen (secondary N) is 2. The molecule has 1 saturated heterocycles. The number of nitrogens with zero attached hydrogens (tertiary/aromatic N) is 1. The fourth-order valence-electron chi connectivity index (χ4n) is 2.45. The van der Waals surface area contributed by atoms with Crippen molar-refractivity contribution in [2.24, 2.45) is 5.92 Å². The molecule has 0 bridgehead atoms. The molecule has 0 unspecified atom stereocenters. The molecule has 2 N–H and O–H groups in total. The standard InChI is InChI=1S/C15H19N3O3S/c1-11(14-4-2-12(8-16)3-5-14)18-15(19)17-9-13-6-7-22(20,21)10-13/h2-5,11,13H,6-7,9-10H2,1H3,(H2,17,18,19)/t11-,13+/m1/s1. The maximum atomic E-state index is 11.8. The summed E-state index contributed by atoms with van der Waals surface area (Å²) in [5.41, 5.74) is 1.47. The monoisotopic (exact) mass is 321 g/mol. The van der Waals surface area contributed by atoms with Crippen LogP contribution >= 0.6 is 0 Å². The van der Waals surface area contributed by atoms with Gasteiger partial charge in [0.2, 0.25) is 0 Å². The quantitative estimate of drug-likeness (QED) is 0.874. The number of sulfone groups is 1. The molecule has 2 rings (SSSR count). The van der Waals surface area contributed by atoms with Gasteiger partial charge in [0, 0.05) is 6.54 Å². The van der Waals surface area contributed by atoms with Gasteiger partial charge in [0.15, 0.2) is 9.84 Å². The first-order valence-electron chi connectivity index (χ1n) is 7.14. The van der Waals surface area contributed by atoms with Crippen LogP contribution in [-0.2, 0) is 9.84 Å². The lowest BCUT2D eigenvalue weighted by Gasteiger charge is -2.16. The molecule has 0 aromatic heterocycles. The van der Waals surface area contributed by atoms with Gasteiger partial charge < -0.3 is 10.6 Å². The molecule has 0 aliphatic carbocycles. The van der Waals surface area contributed by atoms with Crippen LogP contribution in [0.5, 0.6) is 0 Å². The predicted octanol–water partition coefficient (Wildman–Crippen LogP) is 1.35. The Kier molecular flexibility index (Phi) is 5.03. The number of carbonyl (C=O) groups is 1. The fourth-order valence-corrected chi connectivity index (χ4v) is 4.31. The molecule has 7 heteroatoms. The highest BCUT2D eigenvalue weighted by atomic mass is 32.2. The number of hydrogen-bond acceptors (Lipinski definition) is 4. The zero-order valence-corrected chi connectivity index (χ0v) is 13.2. The number of carbonyl (C=O) groups excluding carboxylic acids is 1. The van der Waals surface area contributed by atoms with Crippen molar-refractivity contribution in [1.29, 1.82) is 5.26 Å². The predicted molar refractivity (Wildman–Crippen MR) is 82.9 cm³/mol. The third-order valence-electron chi connectivity index (χ3n) is 3.77. The zero-order valence-electron chi connectivity index (χ0n) is 12.4. The lowest BCUT2D eigenvalue weighted by Crippen LogP contribution is -2.39. The highest BCUT2D eigenvalue weighted by Gasteiger charge is 2.27. The number of hydrogen-bond donors (Lipinski definition) is 2. The second-order valence-corrected chi connectivity index (χ2v) is 7.81. The minimum Gasteiger partial charge on any atom is -0.338 e. The van der Waals surface area contributed by atoms with Crippen molar-refractivity contribution in [3.63, 3.8) is 0 Å². The molecule has 118 valence electrons. The lowest BCUT2D eigenvalue weighted by molar-refractivity contribution is 0.236. The van der Waals surface area contributed by atoms with E-state index in [1.165, 1.54) is 0 Å². The maximum absolute atomic E-state index is 11.8.